The van der Waals surface area contributed by atoms with Crippen LogP contribution in [0.2, 0.25) is 10.0 Å². The minimum absolute atomic E-state index is 0.194. The van der Waals surface area contributed by atoms with Crippen LogP contribution in [0.4, 0.5) is 24.9 Å². The van der Waals surface area contributed by atoms with E-state index in [0.717, 1.165) is 19.5 Å². The molecule has 162 valence electrons. The fraction of sp³-hybridized carbons (Fsp3) is 0.353. The number of anilines is 2. The predicted molar refractivity (Wildman–Crippen MR) is 107 cm³/mol. The van der Waals surface area contributed by atoms with Gasteiger partial charge in [-0.1, -0.05) is 23.2 Å². The Morgan fingerprint density at radius 2 is 2.03 bits per heavy atom. The van der Waals surface area contributed by atoms with E-state index in [2.05, 4.69) is 20.2 Å². The molecule has 0 saturated carbocycles. The van der Waals surface area contributed by atoms with Gasteiger partial charge in [-0.25, -0.2) is 9.78 Å². The zero-order chi connectivity index (χ0) is 22.2. The van der Waals surface area contributed by atoms with Gasteiger partial charge in [0.25, 0.3) is 0 Å². The number of carboxylic acids is 1. The molecule has 30 heavy (non-hydrogen) atoms. The second-order valence-corrected chi connectivity index (χ2v) is 7.23. The largest absolute Gasteiger partial charge is 0.490 e. The predicted octanol–water partition coefficient (Wildman–Crippen LogP) is 3.70. The number of hydrogen-bond donors (Lipinski definition) is 3. The molecule has 1 aliphatic heterocycles. The number of halogens is 5. The monoisotopic (exact) mass is 465 g/mol. The molecule has 0 radical (unpaired) electrons. The fourth-order valence-corrected chi connectivity index (χ4v) is 3.47. The lowest BCUT2D eigenvalue weighted by Crippen LogP contribution is -2.30. The summed E-state index contributed by atoms with van der Waals surface area (Å²) < 4.78 is 37.7. The van der Waals surface area contributed by atoms with Crippen LogP contribution in [0.15, 0.2) is 16.5 Å². The van der Waals surface area contributed by atoms with E-state index < -0.39 is 12.1 Å². The molecule has 3 heterocycles. The molecule has 1 aromatic carbocycles. The summed E-state index contributed by atoms with van der Waals surface area (Å²) in [6.45, 7) is 1.72. The molecule has 4 N–H and O–H groups in total. The lowest BCUT2D eigenvalue weighted by atomic mass is 10.2. The van der Waals surface area contributed by atoms with Crippen LogP contribution < -0.4 is 16.0 Å². The average Bonchev–Trinajstić information content (AvgIpc) is 3.28. The van der Waals surface area contributed by atoms with E-state index in [-0.39, 0.29) is 5.95 Å². The van der Waals surface area contributed by atoms with Gasteiger partial charge in [0.1, 0.15) is 11.1 Å². The summed E-state index contributed by atoms with van der Waals surface area (Å²) in [5.74, 6) is -1.86. The first kappa shape index (κ1) is 22.2. The molecule has 0 unspecified atom stereocenters. The van der Waals surface area contributed by atoms with Crippen molar-refractivity contribution in [3.63, 3.8) is 0 Å². The molecule has 0 spiro atoms. The number of nitrogen functional groups attached to an aromatic ring is 1. The third-order valence-corrected chi connectivity index (χ3v) is 5.31. The summed E-state index contributed by atoms with van der Waals surface area (Å²) in [6, 6.07) is 3.91. The van der Waals surface area contributed by atoms with Gasteiger partial charge in [-0.2, -0.15) is 18.2 Å². The lowest BCUT2D eigenvalue weighted by Gasteiger charge is -2.17. The van der Waals surface area contributed by atoms with E-state index in [0.29, 0.717) is 44.0 Å². The van der Waals surface area contributed by atoms with Crippen molar-refractivity contribution in [2.45, 2.75) is 18.6 Å². The Labute approximate surface area is 177 Å². The van der Waals surface area contributed by atoms with Crippen molar-refractivity contribution in [3.05, 3.63) is 22.2 Å². The molecular formula is C17H16Cl2F3N5O3. The van der Waals surface area contributed by atoms with Crippen molar-refractivity contribution < 1.29 is 27.5 Å². The number of likely N-dealkylation sites (N-methyl/N-ethyl adjacent to an activating group) is 1. The second kappa shape index (κ2) is 8.32. The number of rotatable bonds is 2. The van der Waals surface area contributed by atoms with Crippen LogP contribution in [-0.2, 0) is 4.79 Å². The number of nitrogens with two attached hydrogens (primary N) is 1. The average molecular weight is 466 g/mol. The highest BCUT2D eigenvalue weighted by molar-refractivity contribution is 6.46. The number of carboxylic acid groups (broad SMARTS) is 1. The Morgan fingerprint density at radius 3 is 2.60 bits per heavy atom. The van der Waals surface area contributed by atoms with Gasteiger partial charge in [-0.15, -0.1) is 0 Å². The number of aliphatic carboxylic acids is 1. The van der Waals surface area contributed by atoms with Crippen molar-refractivity contribution in [1.29, 1.82) is 0 Å². The van der Waals surface area contributed by atoms with Crippen LogP contribution in [0.1, 0.15) is 6.42 Å². The molecule has 3 aromatic rings. The number of furan rings is 1. The topological polar surface area (TPSA) is 118 Å². The van der Waals surface area contributed by atoms with E-state index in [1.807, 2.05) is 7.05 Å². The van der Waals surface area contributed by atoms with Crippen LogP contribution in [-0.4, -0.2) is 53.4 Å². The Morgan fingerprint density at radius 1 is 1.37 bits per heavy atom. The first-order chi connectivity index (χ1) is 14.0. The second-order valence-electron chi connectivity index (χ2n) is 6.44. The third-order valence-electron chi connectivity index (χ3n) is 4.51. The molecule has 0 bridgehead atoms. The molecule has 1 saturated heterocycles. The van der Waals surface area contributed by atoms with E-state index in [1.54, 1.807) is 12.1 Å². The van der Waals surface area contributed by atoms with Gasteiger partial charge in [0.05, 0.1) is 15.4 Å². The molecule has 1 aliphatic rings. The number of nitrogens with one attached hydrogen (secondary N) is 1. The molecule has 0 amide bonds. The fourth-order valence-electron chi connectivity index (χ4n) is 3.07. The summed E-state index contributed by atoms with van der Waals surface area (Å²) >= 11 is 12.5. The maximum Gasteiger partial charge on any atom is 0.490 e. The molecular weight excluding hydrogens is 450 g/mol. The number of fused-ring (bicyclic) bond motifs is 3. The van der Waals surface area contributed by atoms with Gasteiger partial charge < -0.3 is 25.5 Å². The zero-order valence-corrected chi connectivity index (χ0v) is 16.9. The van der Waals surface area contributed by atoms with Gasteiger partial charge in [-0.3, -0.25) is 0 Å². The number of benzene rings is 1. The van der Waals surface area contributed by atoms with E-state index in [1.165, 1.54) is 0 Å². The molecule has 2 aromatic heterocycles. The first-order valence-electron chi connectivity index (χ1n) is 8.59. The smallest absolute Gasteiger partial charge is 0.475 e. The van der Waals surface area contributed by atoms with Gasteiger partial charge in [-0.05, 0) is 25.6 Å². The Kier molecular flexibility index (Phi) is 6.16. The highest BCUT2D eigenvalue weighted by Gasteiger charge is 2.38. The molecule has 1 fully saturated rings. The van der Waals surface area contributed by atoms with Gasteiger partial charge in [0, 0.05) is 19.1 Å². The summed E-state index contributed by atoms with van der Waals surface area (Å²) in [5, 5.41) is 12.0. The molecule has 8 nitrogen and oxygen atoms in total. The van der Waals surface area contributed by atoms with Crippen LogP contribution in [0, 0.1) is 0 Å². The number of carbonyl (C=O) groups is 1. The van der Waals surface area contributed by atoms with E-state index in [9.17, 15) is 13.2 Å². The van der Waals surface area contributed by atoms with Crippen molar-refractivity contribution in [3.8, 4) is 0 Å². The summed E-state index contributed by atoms with van der Waals surface area (Å²) in [5.41, 5.74) is 7.73. The third kappa shape index (κ3) is 4.32. The van der Waals surface area contributed by atoms with Gasteiger partial charge in [0.15, 0.2) is 11.4 Å². The van der Waals surface area contributed by atoms with Crippen LogP contribution in [0.3, 0.4) is 0 Å². The maximum absolute atomic E-state index is 10.6. The van der Waals surface area contributed by atoms with Crippen molar-refractivity contribution >= 4 is 63.0 Å². The minimum Gasteiger partial charge on any atom is -0.475 e. The highest BCUT2D eigenvalue weighted by atomic mass is 35.5. The highest BCUT2D eigenvalue weighted by Crippen LogP contribution is 2.40. The summed E-state index contributed by atoms with van der Waals surface area (Å²) in [7, 11) is 1.96. The Bertz CT molecular complexity index is 1110. The molecule has 13 heteroatoms. The summed E-state index contributed by atoms with van der Waals surface area (Å²) in [6.07, 6.45) is -4.05. The number of hydrogen-bond acceptors (Lipinski definition) is 7. The Balaban J connectivity index is 0.000000318. The zero-order valence-electron chi connectivity index (χ0n) is 15.4. The van der Waals surface area contributed by atoms with Gasteiger partial charge >= 0.3 is 12.1 Å². The first-order valence-corrected chi connectivity index (χ1v) is 9.34. The van der Waals surface area contributed by atoms with Crippen LogP contribution in [0.5, 0.6) is 0 Å². The Hall–Kier alpha value is -2.50. The van der Waals surface area contributed by atoms with Crippen molar-refractivity contribution in [2.24, 2.45) is 0 Å². The number of alkyl halides is 3. The quantitative estimate of drug-likeness (QED) is 0.524. The SMILES string of the molecule is CN[C@@H]1CCN(c2nc(N)nc3c2oc2ccc(Cl)c(Cl)c23)C1.O=C(O)C(F)(F)F. The van der Waals surface area contributed by atoms with Crippen LogP contribution in [0.25, 0.3) is 22.1 Å². The molecule has 1 atom stereocenters. The van der Waals surface area contributed by atoms with Crippen molar-refractivity contribution in [1.82, 2.24) is 15.3 Å². The number of nitrogens with zero attached hydrogens (tertiary/aromatic N) is 3. The van der Waals surface area contributed by atoms with Crippen molar-refractivity contribution in [2.75, 3.05) is 30.8 Å². The van der Waals surface area contributed by atoms with E-state index >= 15 is 0 Å². The van der Waals surface area contributed by atoms with E-state index in [4.69, 9.17) is 43.3 Å². The minimum atomic E-state index is -5.08. The molecule has 0 aliphatic carbocycles. The lowest BCUT2D eigenvalue weighted by molar-refractivity contribution is -0.192. The summed E-state index contributed by atoms with van der Waals surface area (Å²) in [4.78, 5) is 19.8. The normalized spacial score (nSPS) is 16.7. The number of aromatic nitrogens is 2. The van der Waals surface area contributed by atoms with Gasteiger partial charge in [0.2, 0.25) is 5.95 Å². The molecule has 4 rings (SSSR count). The maximum atomic E-state index is 10.6. The van der Waals surface area contributed by atoms with Crippen LogP contribution >= 0.6 is 23.2 Å². The standard InChI is InChI=1S/C15H15Cl2N5O.C2HF3O2/c1-19-7-4-5-22(6-7)14-13-12(20-15(18)21-14)10-9(23-13)3-2-8(16)11(10)17;3-2(4,5)1(6)7/h2-3,7,19H,4-6H2,1H3,(H2,18,20,21);(H,6,7)/t7-;/m1./s1.